The number of halogens is 1. The van der Waals surface area contributed by atoms with Crippen LogP contribution in [-0.4, -0.2) is 7.05 Å². The minimum atomic E-state index is -0.340. The Labute approximate surface area is 113 Å². The second-order valence-electron chi connectivity index (χ2n) is 4.63. The average molecular weight is 259 g/mol. The van der Waals surface area contributed by atoms with Gasteiger partial charge >= 0.3 is 0 Å². The molecule has 2 rings (SSSR count). The lowest BCUT2D eigenvalue weighted by atomic mass is 10.1. The first-order valence-corrected chi connectivity index (χ1v) is 6.29. The molecule has 0 heterocycles. The Morgan fingerprint density at radius 1 is 1.16 bits per heavy atom. The molecule has 19 heavy (non-hydrogen) atoms. The molecule has 0 fully saturated rings. The second-order valence-corrected chi connectivity index (χ2v) is 4.63. The van der Waals surface area contributed by atoms with E-state index in [1.165, 1.54) is 6.07 Å². The summed E-state index contributed by atoms with van der Waals surface area (Å²) in [6, 6.07) is 10.8. The molecule has 0 radical (unpaired) electrons. The van der Waals surface area contributed by atoms with Gasteiger partial charge in [-0.25, -0.2) is 4.39 Å². The zero-order valence-electron chi connectivity index (χ0n) is 11.5. The lowest BCUT2D eigenvalue weighted by Gasteiger charge is -2.14. The van der Waals surface area contributed by atoms with Crippen molar-refractivity contribution in [2.75, 3.05) is 7.05 Å². The Morgan fingerprint density at radius 3 is 2.63 bits per heavy atom. The second kappa shape index (κ2) is 5.85. The maximum atomic E-state index is 13.9. The largest absolute Gasteiger partial charge is 0.454 e. The number of nitrogens with one attached hydrogen (secondary N) is 1. The van der Waals surface area contributed by atoms with Crippen molar-refractivity contribution in [3.05, 3.63) is 58.9 Å². The van der Waals surface area contributed by atoms with Gasteiger partial charge in [0, 0.05) is 12.1 Å². The Morgan fingerprint density at radius 2 is 1.95 bits per heavy atom. The van der Waals surface area contributed by atoms with Gasteiger partial charge in [0.1, 0.15) is 5.75 Å². The molecule has 0 aliphatic carbocycles. The standard InChI is InChI=1S/C16H18FNO/c1-11-7-8-15(12(2)9-11)19-16-13(10-18-3)5-4-6-14(16)17/h4-9,18H,10H2,1-3H3. The average Bonchev–Trinajstić information content (AvgIpc) is 2.36. The number of benzene rings is 2. The van der Waals surface area contributed by atoms with E-state index < -0.39 is 0 Å². The summed E-state index contributed by atoms with van der Waals surface area (Å²) in [5, 5.41) is 3.01. The zero-order valence-corrected chi connectivity index (χ0v) is 11.5. The molecule has 2 aromatic carbocycles. The summed E-state index contributed by atoms with van der Waals surface area (Å²) >= 11 is 0. The quantitative estimate of drug-likeness (QED) is 0.897. The van der Waals surface area contributed by atoms with Crippen LogP contribution in [0.15, 0.2) is 36.4 Å². The van der Waals surface area contributed by atoms with Crippen LogP contribution in [0.4, 0.5) is 4.39 Å². The topological polar surface area (TPSA) is 21.3 Å². The molecule has 0 atom stereocenters. The Bertz CT molecular complexity index is 581. The smallest absolute Gasteiger partial charge is 0.167 e. The minimum Gasteiger partial charge on any atom is -0.454 e. The third kappa shape index (κ3) is 3.12. The summed E-state index contributed by atoms with van der Waals surface area (Å²) in [5.74, 6) is 0.643. The van der Waals surface area contributed by atoms with Crippen molar-refractivity contribution in [1.82, 2.24) is 5.32 Å². The minimum absolute atomic E-state index is 0.295. The van der Waals surface area contributed by atoms with Gasteiger partial charge in [0.05, 0.1) is 0 Å². The van der Waals surface area contributed by atoms with Crippen LogP contribution in [0.2, 0.25) is 0 Å². The van der Waals surface area contributed by atoms with E-state index in [-0.39, 0.29) is 5.82 Å². The van der Waals surface area contributed by atoms with Gasteiger partial charge in [-0.15, -0.1) is 0 Å². The number of ether oxygens (including phenoxy) is 1. The molecule has 0 unspecified atom stereocenters. The highest BCUT2D eigenvalue weighted by Crippen LogP contribution is 2.30. The third-order valence-electron chi connectivity index (χ3n) is 2.96. The first kappa shape index (κ1) is 13.6. The van der Waals surface area contributed by atoms with E-state index in [9.17, 15) is 4.39 Å². The Hall–Kier alpha value is -1.87. The van der Waals surface area contributed by atoms with E-state index in [2.05, 4.69) is 5.32 Å². The molecule has 0 saturated carbocycles. The summed E-state index contributed by atoms with van der Waals surface area (Å²) in [6.45, 7) is 4.55. The highest BCUT2D eigenvalue weighted by molar-refractivity contribution is 5.43. The first-order chi connectivity index (χ1) is 9.11. The van der Waals surface area contributed by atoms with E-state index in [0.717, 1.165) is 16.7 Å². The van der Waals surface area contributed by atoms with Crippen LogP contribution >= 0.6 is 0 Å². The number of hydrogen-bond acceptors (Lipinski definition) is 2. The molecular formula is C16H18FNO. The van der Waals surface area contributed by atoms with E-state index in [1.54, 1.807) is 6.07 Å². The van der Waals surface area contributed by atoms with Crippen LogP contribution in [0.3, 0.4) is 0 Å². The lowest BCUT2D eigenvalue weighted by Crippen LogP contribution is -2.07. The summed E-state index contributed by atoms with van der Waals surface area (Å²) in [7, 11) is 1.83. The SMILES string of the molecule is CNCc1cccc(F)c1Oc1ccc(C)cc1C. The van der Waals surface area contributed by atoms with Crippen LogP contribution in [0.5, 0.6) is 11.5 Å². The fraction of sp³-hybridized carbons (Fsp3) is 0.250. The number of aryl methyl sites for hydroxylation is 2. The summed E-state index contributed by atoms with van der Waals surface area (Å²) in [5.41, 5.74) is 2.97. The van der Waals surface area contributed by atoms with Gasteiger partial charge in [-0.3, -0.25) is 0 Å². The molecular weight excluding hydrogens is 241 g/mol. The van der Waals surface area contributed by atoms with Gasteiger partial charge in [-0.2, -0.15) is 0 Å². The van der Waals surface area contributed by atoms with E-state index in [1.807, 2.05) is 45.2 Å². The highest BCUT2D eigenvalue weighted by atomic mass is 19.1. The zero-order chi connectivity index (χ0) is 13.8. The molecule has 0 bridgehead atoms. The van der Waals surface area contributed by atoms with Crippen molar-refractivity contribution in [2.45, 2.75) is 20.4 Å². The van der Waals surface area contributed by atoms with Gasteiger partial charge in [-0.1, -0.05) is 29.8 Å². The monoisotopic (exact) mass is 259 g/mol. The molecule has 0 aliphatic rings. The maximum Gasteiger partial charge on any atom is 0.167 e. The predicted molar refractivity (Wildman–Crippen MR) is 75.2 cm³/mol. The fourth-order valence-corrected chi connectivity index (χ4v) is 2.02. The molecule has 0 saturated heterocycles. The van der Waals surface area contributed by atoms with Crippen LogP contribution in [-0.2, 0) is 6.54 Å². The third-order valence-corrected chi connectivity index (χ3v) is 2.96. The van der Waals surface area contributed by atoms with Crippen molar-refractivity contribution >= 4 is 0 Å². The van der Waals surface area contributed by atoms with Crippen LogP contribution in [0.1, 0.15) is 16.7 Å². The van der Waals surface area contributed by atoms with E-state index in [4.69, 9.17) is 4.74 Å². The summed E-state index contributed by atoms with van der Waals surface area (Å²) in [4.78, 5) is 0. The predicted octanol–water partition coefficient (Wildman–Crippen LogP) is 3.95. The van der Waals surface area contributed by atoms with E-state index in [0.29, 0.717) is 18.0 Å². The normalized spacial score (nSPS) is 10.5. The van der Waals surface area contributed by atoms with Crippen LogP contribution < -0.4 is 10.1 Å². The number of para-hydroxylation sites is 1. The molecule has 1 N–H and O–H groups in total. The van der Waals surface area contributed by atoms with Crippen molar-refractivity contribution in [3.8, 4) is 11.5 Å². The van der Waals surface area contributed by atoms with Crippen molar-refractivity contribution in [3.63, 3.8) is 0 Å². The van der Waals surface area contributed by atoms with Crippen LogP contribution in [0.25, 0.3) is 0 Å². The molecule has 0 aliphatic heterocycles. The van der Waals surface area contributed by atoms with Gasteiger partial charge in [-0.05, 0) is 38.6 Å². The molecule has 100 valence electrons. The number of hydrogen-bond donors (Lipinski definition) is 1. The molecule has 3 heteroatoms. The Kier molecular flexibility index (Phi) is 4.17. The van der Waals surface area contributed by atoms with Gasteiger partial charge in [0.25, 0.3) is 0 Å². The highest BCUT2D eigenvalue weighted by Gasteiger charge is 2.11. The van der Waals surface area contributed by atoms with Gasteiger partial charge < -0.3 is 10.1 Å². The summed E-state index contributed by atoms with van der Waals surface area (Å²) < 4.78 is 19.7. The molecule has 0 aromatic heterocycles. The number of rotatable bonds is 4. The van der Waals surface area contributed by atoms with Gasteiger partial charge in [0.2, 0.25) is 0 Å². The first-order valence-electron chi connectivity index (χ1n) is 6.29. The molecule has 2 nitrogen and oxygen atoms in total. The van der Waals surface area contributed by atoms with Crippen LogP contribution in [0, 0.1) is 19.7 Å². The summed E-state index contributed by atoms with van der Waals surface area (Å²) in [6.07, 6.45) is 0. The van der Waals surface area contributed by atoms with Crippen molar-refractivity contribution in [1.29, 1.82) is 0 Å². The Balaban J connectivity index is 2.37. The van der Waals surface area contributed by atoms with Crippen molar-refractivity contribution in [2.24, 2.45) is 0 Å². The molecule has 2 aromatic rings. The molecule has 0 spiro atoms. The van der Waals surface area contributed by atoms with E-state index >= 15 is 0 Å². The lowest BCUT2D eigenvalue weighted by molar-refractivity contribution is 0.432. The fourth-order valence-electron chi connectivity index (χ4n) is 2.02. The van der Waals surface area contributed by atoms with Crippen molar-refractivity contribution < 1.29 is 9.13 Å². The van der Waals surface area contributed by atoms with Gasteiger partial charge in [0.15, 0.2) is 11.6 Å². The maximum absolute atomic E-state index is 13.9. The molecule has 0 amide bonds.